The van der Waals surface area contributed by atoms with Gasteiger partial charge in [-0.15, -0.1) is 0 Å². The molecule has 3 heteroatoms. The fraction of sp³-hybridized carbons (Fsp3) is 1.00. The molecule has 0 aromatic heterocycles. The van der Waals surface area contributed by atoms with E-state index in [1.54, 1.807) is 0 Å². The number of hydrogen-bond acceptors (Lipinski definition) is 3. The van der Waals surface area contributed by atoms with Gasteiger partial charge in [-0.2, -0.15) is 0 Å². The number of rotatable bonds is 7. The average Bonchev–Trinajstić information content (AvgIpc) is 2.07. The minimum absolute atomic E-state index is 0.759. The van der Waals surface area contributed by atoms with Crippen LogP contribution in [0.15, 0.2) is 0 Å². The van der Waals surface area contributed by atoms with Gasteiger partial charge in [0.25, 0.3) is 0 Å². The van der Waals surface area contributed by atoms with Crippen molar-refractivity contribution in [1.29, 1.82) is 0 Å². The highest BCUT2D eigenvalue weighted by Gasteiger charge is 2.22. The smallest absolute Gasteiger partial charge is 0.0593 e. The highest BCUT2D eigenvalue weighted by Crippen LogP contribution is 2.03. The van der Waals surface area contributed by atoms with Crippen LogP contribution in [0, 0.1) is 0 Å². The summed E-state index contributed by atoms with van der Waals surface area (Å²) < 4.78 is 5.47. The van der Waals surface area contributed by atoms with Gasteiger partial charge >= 0.3 is 0 Å². The molecule has 0 spiro atoms. The summed E-state index contributed by atoms with van der Waals surface area (Å²) in [5, 5.41) is 3.30. The highest BCUT2D eigenvalue weighted by molar-refractivity contribution is 4.83. The first-order chi connectivity index (χ1) is 6.38. The van der Waals surface area contributed by atoms with Gasteiger partial charge in [-0.1, -0.05) is 13.8 Å². The summed E-state index contributed by atoms with van der Waals surface area (Å²) in [4.78, 5) is 2.49. The number of nitrogens with zero attached hydrogens (tertiary/aromatic N) is 1. The Morgan fingerprint density at radius 1 is 1.31 bits per heavy atom. The molecule has 0 amide bonds. The lowest BCUT2D eigenvalue weighted by Crippen LogP contribution is -2.57. The summed E-state index contributed by atoms with van der Waals surface area (Å²) in [6.45, 7) is 10.7. The molecule has 0 radical (unpaired) electrons. The lowest BCUT2D eigenvalue weighted by molar-refractivity contribution is 0.0755. The summed E-state index contributed by atoms with van der Waals surface area (Å²) in [5.41, 5.74) is 0. The predicted molar refractivity (Wildman–Crippen MR) is 55.0 cm³/mol. The topological polar surface area (TPSA) is 24.5 Å². The molecule has 0 bridgehead atoms. The van der Waals surface area contributed by atoms with Crippen molar-refractivity contribution >= 4 is 0 Å². The van der Waals surface area contributed by atoms with Gasteiger partial charge in [-0.25, -0.2) is 0 Å². The number of nitrogens with one attached hydrogen (secondary N) is 1. The molecule has 0 aliphatic carbocycles. The van der Waals surface area contributed by atoms with Gasteiger partial charge in [0.1, 0.15) is 0 Å². The van der Waals surface area contributed by atoms with E-state index in [0.717, 1.165) is 51.9 Å². The van der Waals surface area contributed by atoms with E-state index in [9.17, 15) is 0 Å². The van der Waals surface area contributed by atoms with E-state index in [2.05, 4.69) is 24.1 Å². The number of ether oxygens (including phenoxy) is 1. The van der Waals surface area contributed by atoms with Crippen molar-refractivity contribution < 1.29 is 4.74 Å². The molecule has 1 heterocycles. The standard InChI is InChI=1S/C10H22N2O/c1-3-6-13-7-5-12(4-2)10-8-11-9-10/h10-11H,3-9H2,1-2H3. The van der Waals surface area contributed by atoms with Crippen LogP contribution in [0.25, 0.3) is 0 Å². The van der Waals surface area contributed by atoms with Crippen LogP contribution in [-0.2, 0) is 4.74 Å². The Kier molecular flexibility index (Phi) is 5.35. The normalized spacial score (nSPS) is 17.8. The van der Waals surface area contributed by atoms with Crippen molar-refractivity contribution in [1.82, 2.24) is 10.2 Å². The maximum atomic E-state index is 5.47. The van der Waals surface area contributed by atoms with Crippen molar-refractivity contribution in [3.8, 4) is 0 Å². The van der Waals surface area contributed by atoms with E-state index in [1.807, 2.05) is 0 Å². The second-order valence-electron chi connectivity index (χ2n) is 3.55. The molecule has 3 nitrogen and oxygen atoms in total. The zero-order chi connectivity index (χ0) is 9.52. The molecule has 1 aliphatic heterocycles. The zero-order valence-electron chi connectivity index (χ0n) is 8.88. The predicted octanol–water partition coefficient (Wildman–Crippen LogP) is 0.707. The van der Waals surface area contributed by atoms with Gasteiger partial charge in [0.05, 0.1) is 6.61 Å². The molecule has 1 aliphatic rings. The van der Waals surface area contributed by atoms with Crippen LogP contribution < -0.4 is 5.32 Å². The van der Waals surface area contributed by atoms with Crippen molar-refractivity contribution in [2.24, 2.45) is 0 Å². The Hall–Kier alpha value is -0.120. The second kappa shape index (κ2) is 6.35. The Morgan fingerprint density at radius 2 is 2.08 bits per heavy atom. The van der Waals surface area contributed by atoms with Crippen LogP contribution in [-0.4, -0.2) is 50.3 Å². The Labute approximate surface area is 81.4 Å². The Balaban J connectivity index is 2.02. The molecular formula is C10H22N2O. The summed E-state index contributed by atoms with van der Waals surface area (Å²) in [7, 11) is 0. The van der Waals surface area contributed by atoms with Crippen molar-refractivity contribution in [3.63, 3.8) is 0 Å². The van der Waals surface area contributed by atoms with Gasteiger partial charge in [-0.3, -0.25) is 4.90 Å². The quantitative estimate of drug-likeness (QED) is 0.593. The van der Waals surface area contributed by atoms with Crippen molar-refractivity contribution in [2.75, 3.05) is 39.4 Å². The van der Waals surface area contributed by atoms with Crippen molar-refractivity contribution in [3.05, 3.63) is 0 Å². The first-order valence-corrected chi connectivity index (χ1v) is 5.41. The number of likely N-dealkylation sites (N-methyl/N-ethyl adjacent to an activating group) is 1. The monoisotopic (exact) mass is 186 g/mol. The van der Waals surface area contributed by atoms with E-state index >= 15 is 0 Å². The first kappa shape index (κ1) is 11.0. The van der Waals surface area contributed by atoms with Gasteiger partial charge in [0.15, 0.2) is 0 Å². The third-order valence-corrected chi connectivity index (χ3v) is 2.55. The van der Waals surface area contributed by atoms with Gasteiger partial charge in [0, 0.05) is 32.3 Å². The largest absolute Gasteiger partial charge is 0.380 e. The third kappa shape index (κ3) is 3.63. The van der Waals surface area contributed by atoms with Crippen LogP contribution >= 0.6 is 0 Å². The molecule has 0 unspecified atom stereocenters. The van der Waals surface area contributed by atoms with Gasteiger partial charge in [-0.05, 0) is 13.0 Å². The molecule has 0 aromatic rings. The molecule has 13 heavy (non-hydrogen) atoms. The maximum absolute atomic E-state index is 5.47. The van der Waals surface area contributed by atoms with Crippen LogP contribution in [0.5, 0.6) is 0 Å². The van der Waals surface area contributed by atoms with E-state index in [0.29, 0.717) is 0 Å². The maximum Gasteiger partial charge on any atom is 0.0593 e. The first-order valence-electron chi connectivity index (χ1n) is 5.41. The summed E-state index contributed by atoms with van der Waals surface area (Å²) in [6.07, 6.45) is 1.12. The SMILES string of the molecule is CCCOCCN(CC)C1CNC1. The fourth-order valence-electron chi connectivity index (χ4n) is 1.56. The lowest BCUT2D eigenvalue weighted by Gasteiger charge is -2.37. The third-order valence-electron chi connectivity index (χ3n) is 2.55. The fourth-order valence-corrected chi connectivity index (χ4v) is 1.56. The second-order valence-corrected chi connectivity index (χ2v) is 3.55. The highest BCUT2D eigenvalue weighted by atomic mass is 16.5. The molecule has 1 rings (SSSR count). The lowest BCUT2D eigenvalue weighted by atomic mass is 10.1. The number of hydrogen-bond donors (Lipinski definition) is 1. The van der Waals surface area contributed by atoms with Crippen LogP contribution in [0.4, 0.5) is 0 Å². The molecule has 0 atom stereocenters. The van der Waals surface area contributed by atoms with E-state index in [-0.39, 0.29) is 0 Å². The van der Waals surface area contributed by atoms with E-state index in [1.165, 1.54) is 0 Å². The molecule has 1 fully saturated rings. The summed E-state index contributed by atoms with van der Waals surface area (Å²) >= 11 is 0. The van der Waals surface area contributed by atoms with Crippen molar-refractivity contribution in [2.45, 2.75) is 26.3 Å². The summed E-state index contributed by atoms with van der Waals surface area (Å²) in [5.74, 6) is 0. The average molecular weight is 186 g/mol. The molecule has 0 aromatic carbocycles. The summed E-state index contributed by atoms with van der Waals surface area (Å²) in [6, 6.07) is 0.759. The van der Waals surface area contributed by atoms with Crippen LogP contribution in [0.3, 0.4) is 0 Å². The molecule has 1 saturated heterocycles. The van der Waals surface area contributed by atoms with Gasteiger partial charge < -0.3 is 10.1 Å². The van der Waals surface area contributed by atoms with Gasteiger partial charge in [0.2, 0.25) is 0 Å². The molecule has 1 N–H and O–H groups in total. The molecule has 78 valence electrons. The molecular weight excluding hydrogens is 164 g/mol. The van der Waals surface area contributed by atoms with Crippen LogP contribution in [0.1, 0.15) is 20.3 Å². The minimum Gasteiger partial charge on any atom is -0.380 e. The minimum atomic E-state index is 0.759. The van der Waals surface area contributed by atoms with E-state index in [4.69, 9.17) is 4.74 Å². The Morgan fingerprint density at radius 3 is 2.54 bits per heavy atom. The zero-order valence-corrected chi connectivity index (χ0v) is 8.88. The van der Waals surface area contributed by atoms with E-state index < -0.39 is 0 Å². The molecule has 0 saturated carbocycles. The Bertz CT molecular complexity index is 126. The van der Waals surface area contributed by atoms with Crippen LogP contribution in [0.2, 0.25) is 0 Å².